The van der Waals surface area contributed by atoms with Gasteiger partial charge in [0.1, 0.15) is 10.6 Å². The molecular formula is C15H20N4O6S. The number of hydrogen-bond donors (Lipinski definition) is 3. The minimum absolute atomic E-state index is 0.0807. The monoisotopic (exact) mass is 384 g/mol. The number of furan rings is 1. The van der Waals surface area contributed by atoms with E-state index >= 15 is 0 Å². The number of aromatic nitrogens is 1. The SMILES string of the molecule is Cc1noc(C)c1S(=O)(=O)N[C@@H](C)C(=O)NCCNC(=O)c1ccco1. The lowest BCUT2D eigenvalue weighted by Gasteiger charge is -2.14. The standard InChI is InChI=1S/C15H20N4O6S/c1-9-13(11(3)25-18-9)26(22,23)19-10(2)14(20)16-6-7-17-15(21)12-5-4-8-24-12/h4-5,8,10,19H,6-7H2,1-3H3,(H,16,20)(H,17,21)/t10-/m0/s1. The number of nitrogens with one attached hydrogen (secondary N) is 3. The van der Waals surface area contributed by atoms with E-state index in [9.17, 15) is 18.0 Å². The molecule has 0 aliphatic carbocycles. The zero-order valence-electron chi connectivity index (χ0n) is 14.5. The van der Waals surface area contributed by atoms with E-state index in [0.717, 1.165) is 0 Å². The van der Waals surface area contributed by atoms with E-state index in [-0.39, 0.29) is 35.2 Å². The zero-order chi connectivity index (χ0) is 19.3. The van der Waals surface area contributed by atoms with Gasteiger partial charge < -0.3 is 19.6 Å². The Kier molecular flexibility index (Phi) is 6.16. The Morgan fingerprint density at radius 1 is 1.23 bits per heavy atom. The van der Waals surface area contributed by atoms with E-state index in [4.69, 9.17) is 8.94 Å². The molecule has 0 spiro atoms. The summed E-state index contributed by atoms with van der Waals surface area (Å²) in [6.45, 7) is 4.67. The summed E-state index contributed by atoms with van der Waals surface area (Å²) in [7, 11) is -3.95. The van der Waals surface area contributed by atoms with Crippen LogP contribution in [0.5, 0.6) is 0 Å². The number of aryl methyl sites for hydroxylation is 2. The van der Waals surface area contributed by atoms with E-state index in [1.54, 1.807) is 6.07 Å². The summed E-state index contributed by atoms with van der Waals surface area (Å²) in [6, 6.07) is 2.08. The number of carbonyl (C=O) groups is 2. The van der Waals surface area contributed by atoms with Crippen LogP contribution in [0.1, 0.15) is 28.9 Å². The van der Waals surface area contributed by atoms with Crippen LogP contribution in [0.15, 0.2) is 32.2 Å². The minimum Gasteiger partial charge on any atom is -0.459 e. The molecule has 1 atom stereocenters. The van der Waals surface area contributed by atoms with E-state index in [0.29, 0.717) is 0 Å². The fourth-order valence-electron chi connectivity index (χ4n) is 2.21. The second-order valence-electron chi connectivity index (χ2n) is 5.52. The van der Waals surface area contributed by atoms with Gasteiger partial charge in [0.15, 0.2) is 11.5 Å². The van der Waals surface area contributed by atoms with Gasteiger partial charge in [0, 0.05) is 13.1 Å². The predicted octanol–water partition coefficient (Wildman–Crippen LogP) is 0.0974. The van der Waals surface area contributed by atoms with Gasteiger partial charge in [-0.3, -0.25) is 9.59 Å². The van der Waals surface area contributed by atoms with Crippen molar-refractivity contribution in [2.45, 2.75) is 31.7 Å². The quantitative estimate of drug-likeness (QED) is 0.547. The molecule has 2 aromatic rings. The summed E-state index contributed by atoms with van der Waals surface area (Å²) in [5.74, 6) is -0.635. The normalized spacial score (nSPS) is 12.6. The van der Waals surface area contributed by atoms with Gasteiger partial charge >= 0.3 is 0 Å². The van der Waals surface area contributed by atoms with Crippen molar-refractivity contribution >= 4 is 21.8 Å². The molecule has 2 heterocycles. The van der Waals surface area contributed by atoms with Crippen molar-refractivity contribution in [1.29, 1.82) is 0 Å². The van der Waals surface area contributed by atoms with Gasteiger partial charge in [-0.15, -0.1) is 0 Å². The number of hydrogen-bond acceptors (Lipinski definition) is 7. The highest BCUT2D eigenvalue weighted by Crippen LogP contribution is 2.18. The van der Waals surface area contributed by atoms with Crippen LogP contribution >= 0.6 is 0 Å². The van der Waals surface area contributed by atoms with Crippen LogP contribution in [-0.4, -0.2) is 44.5 Å². The third-order valence-corrected chi connectivity index (χ3v) is 5.20. The zero-order valence-corrected chi connectivity index (χ0v) is 15.3. The molecule has 10 nitrogen and oxygen atoms in total. The summed E-state index contributed by atoms with van der Waals surface area (Å²) in [5.41, 5.74) is 0.211. The molecule has 0 bridgehead atoms. The summed E-state index contributed by atoms with van der Waals surface area (Å²) in [6.07, 6.45) is 1.38. The molecule has 26 heavy (non-hydrogen) atoms. The highest BCUT2D eigenvalue weighted by molar-refractivity contribution is 7.89. The van der Waals surface area contributed by atoms with Crippen molar-refractivity contribution in [3.8, 4) is 0 Å². The molecule has 0 aliphatic rings. The van der Waals surface area contributed by atoms with E-state index < -0.39 is 27.9 Å². The van der Waals surface area contributed by atoms with Gasteiger partial charge in [-0.1, -0.05) is 5.16 Å². The number of nitrogens with zero attached hydrogens (tertiary/aromatic N) is 1. The average molecular weight is 384 g/mol. The molecule has 0 unspecified atom stereocenters. The largest absolute Gasteiger partial charge is 0.459 e. The lowest BCUT2D eigenvalue weighted by molar-refractivity contribution is -0.122. The lowest BCUT2D eigenvalue weighted by atomic mass is 10.3. The molecule has 0 aromatic carbocycles. The summed E-state index contributed by atoms with van der Waals surface area (Å²) in [5, 5.41) is 8.68. The average Bonchev–Trinajstić information content (AvgIpc) is 3.20. The van der Waals surface area contributed by atoms with Crippen LogP contribution < -0.4 is 15.4 Å². The molecule has 0 saturated carbocycles. The molecular weight excluding hydrogens is 364 g/mol. The van der Waals surface area contributed by atoms with Crippen LogP contribution in [0.3, 0.4) is 0 Å². The van der Waals surface area contributed by atoms with Gasteiger partial charge in [0.05, 0.1) is 12.3 Å². The fraction of sp³-hybridized carbons (Fsp3) is 0.400. The Labute approximate surface area is 150 Å². The number of sulfonamides is 1. The molecule has 2 amide bonds. The first-order chi connectivity index (χ1) is 12.2. The first kappa shape index (κ1) is 19.7. The van der Waals surface area contributed by atoms with Crippen LogP contribution in [0, 0.1) is 13.8 Å². The Hall–Kier alpha value is -2.66. The van der Waals surface area contributed by atoms with Crippen molar-refractivity contribution in [3.63, 3.8) is 0 Å². The van der Waals surface area contributed by atoms with Crippen LogP contribution in [0.25, 0.3) is 0 Å². The van der Waals surface area contributed by atoms with Gasteiger partial charge in [-0.25, -0.2) is 8.42 Å². The molecule has 11 heteroatoms. The summed E-state index contributed by atoms with van der Waals surface area (Å²) in [4.78, 5) is 23.6. The maximum Gasteiger partial charge on any atom is 0.287 e. The minimum atomic E-state index is -3.95. The van der Waals surface area contributed by atoms with Crippen LogP contribution in [-0.2, 0) is 14.8 Å². The Bertz CT molecular complexity index is 853. The second kappa shape index (κ2) is 8.15. The Morgan fingerprint density at radius 3 is 2.50 bits per heavy atom. The molecule has 0 aliphatic heterocycles. The Morgan fingerprint density at radius 2 is 1.92 bits per heavy atom. The van der Waals surface area contributed by atoms with Gasteiger partial charge in [-0.2, -0.15) is 4.72 Å². The second-order valence-corrected chi connectivity index (χ2v) is 7.17. The fourth-order valence-corrected chi connectivity index (χ4v) is 3.75. The molecule has 2 rings (SSSR count). The first-order valence-electron chi connectivity index (χ1n) is 7.77. The van der Waals surface area contributed by atoms with Crippen molar-refractivity contribution in [2.24, 2.45) is 0 Å². The highest BCUT2D eigenvalue weighted by atomic mass is 32.2. The maximum absolute atomic E-state index is 12.3. The first-order valence-corrected chi connectivity index (χ1v) is 9.25. The smallest absolute Gasteiger partial charge is 0.287 e. The van der Waals surface area contributed by atoms with Crippen molar-refractivity contribution < 1.29 is 26.9 Å². The van der Waals surface area contributed by atoms with E-state index in [2.05, 4.69) is 20.5 Å². The van der Waals surface area contributed by atoms with Crippen LogP contribution in [0.4, 0.5) is 0 Å². The topological polar surface area (TPSA) is 144 Å². The lowest BCUT2D eigenvalue weighted by Crippen LogP contribution is -2.46. The summed E-state index contributed by atoms with van der Waals surface area (Å²) < 4.78 is 36.7. The van der Waals surface area contributed by atoms with Gasteiger partial charge in [0.25, 0.3) is 5.91 Å². The van der Waals surface area contributed by atoms with E-state index in [1.807, 2.05) is 0 Å². The van der Waals surface area contributed by atoms with E-state index in [1.165, 1.54) is 33.1 Å². The van der Waals surface area contributed by atoms with Crippen LogP contribution in [0.2, 0.25) is 0 Å². The molecule has 0 saturated heterocycles. The third kappa shape index (κ3) is 4.70. The molecule has 3 N–H and O–H groups in total. The molecule has 0 fully saturated rings. The van der Waals surface area contributed by atoms with Crippen molar-refractivity contribution in [3.05, 3.63) is 35.6 Å². The van der Waals surface area contributed by atoms with Crippen molar-refractivity contribution in [1.82, 2.24) is 20.5 Å². The molecule has 0 radical (unpaired) electrons. The Balaban J connectivity index is 1.81. The molecule has 142 valence electrons. The highest BCUT2D eigenvalue weighted by Gasteiger charge is 2.27. The number of amides is 2. The molecule has 2 aromatic heterocycles. The third-order valence-electron chi connectivity index (χ3n) is 3.42. The number of rotatable bonds is 8. The van der Waals surface area contributed by atoms with Gasteiger partial charge in [-0.05, 0) is 32.9 Å². The predicted molar refractivity (Wildman–Crippen MR) is 89.8 cm³/mol. The summed E-state index contributed by atoms with van der Waals surface area (Å²) >= 11 is 0. The number of carbonyl (C=O) groups excluding carboxylic acids is 2. The van der Waals surface area contributed by atoms with Crippen molar-refractivity contribution in [2.75, 3.05) is 13.1 Å². The van der Waals surface area contributed by atoms with Gasteiger partial charge in [0.2, 0.25) is 15.9 Å². The maximum atomic E-state index is 12.3.